The van der Waals surface area contributed by atoms with Crippen molar-refractivity contribution >= 4 is 40.3 Å². The minimum Gasteiger partial charge on any atom is -0.369 e. The van der Waals surface area contributed by atoms with Crippen LogP contribution in [0.2, 0.25) is 0 Å². The summed E-state index contributed by atoms with van der Waals surface area (Å²) >= 11 is 1.23. The quantitative estimate of drug-likeness (QED) is 0.672. The highest BCUT2D eigenvalue weighted by Gasteiger charge is 2.35. The van der Waals surface area contributed by atoms with Gasteiger partial charge in [0.25, 0.3) is 5.91 Å². The summed E-state index contributed by atoms with van der Waals surface area (Å²) in [4.78, 5) is 19.4. The van der Waals surface area contributed by atoms with Gasteiger partial charge in [-0.2, -0.15) is 0 Å². The van der Waals surface area contributed by atoms with E-state index < -0.39 is 0 Å². The Hall–Kier alpha value is -2.60. The van der Waals surface area contributed by atoms with Crippen LogP contribution in [0.4, 0.5) is 15.8 Å². The lowest BCUT2D eigenvalue weighted by Gasteiger charge is -2.45. The molecule has 0 spiro atoms. The van der Waals surface area contributed by atoms with Crippen LogP contribution in [0, 0.1) is 5.82 Å². The van der Waals surface area contributed by atoms with E-state index in [1.165, 1.54) is 11.8 Å². The van der Waals surface area contributed by atoms with Gasteiger partial charge in [0.2, 0.25) is 0 Å². The van der Waals surface area contributed by atoms with Gasteiger partial charge < -0.3 is 10.2 Å². The number of aliphatic imine (C=N–C) groups is 1. The van der Waals surface area contributed by atoms with E-state index >= 15 is 0 Å². The fourth-order valence-corrected chi connectivity index (χ4v) is 4.79. The van der Waals surface area contributed by atoms with Crippen molar-refractivity contribution in [2.75, 3.05) is 11.9 Å². The van der Waals surface area contributed by atoms with Crippen LogP contribution >= 0.6 is 11.8 Å². The Balaban J connectivity index is 1.66. The third-order valence-electron chi connectivity index (χ3n) is 5.68. The summed E-state index contributed by atoms with van der Waals surface area (Å²) in [6.07, 6.45) is 2.61. The number of thioether (sulfide) groups is 1. The number of hydrogen-bond donors (Lipinski definition) is 1. The maximum Gasteiger partial charge on any atom is 0.264 e. The highest BCUT2D eigenvalue weighted by atomic mass is 32.2. The normalized spacial score (nSPS) is 23.4. The molecule has 150 valence electrons. The first-order valence-electron chi connectivity index (χ1n) is 9.66. The molecule has 2 aliphatic rings. The maximum absolute atomic E-state index is 14.9. The molecule has 0 radical (unpaired) electrons. The number of para-hydroxylation sites is 1. The zero-order valence-corrected chi connectivity index (χ0v) is 17.8. The molecule has 4 rings (SSSR count). The molecule has 2 aromatic carbocycles. The minimum atomic E-state index is -0.324. The zero-order chi connectivity index (χ0) is 20.8. The molecule has 2 aromatic rings. The molecule has 4 nitrogen and oxygen atoms in total. The summed E-state index contributed by atoms with van der Waals surface area (Å²) in [5, 5.41) is 3.26. The number of fused-ring (bicyclic) bond motifs is 1. The first-order valence-corrected chi connectivity index (χ1v) is 10.5. The van der Waals surface area contributed by atoms with Gasteiger partial charge in [-0.15, -0.1) is 0 Å². The maximum atomic E-state index is 14.9. The molecular weight excluding hydrogens is 385 g/mol. The molecule has 6 heteroatoms. The van der Waals surface area contributed by atoms with Gasteiger partial charge in [0.05, 0.1) is 10.6 Å². The third kappa shape index (κ3) is 3.81. The number of amides is 1. The van der Waals surface area contributed by atoms with Gasteiger partial charge >= 0.3 is 0 Å². The van der Waals surface area contributed by atoms with Crippen molar-refractivity contribution < 1.29 is 9.18 Å². The van der Waals surface area contributed by atoms with Gasteiger partial charge in [-0.25, -0.2) is 9.38 Å². The molecule has 2 heterocycles. The third-order valence-corrected chi connectivity index (χ3v) is 6.59. The Morgan fingerprint density at radius 1 is 1.28 bits per heavy atom. The van der Waals surface area contributed by atoms with E-state index in [1.54, 1.807) is 12.1 Å². The number of hydrogen-bond acceptors (Lipinski definition) is 4. The van der Waals surface area contributed by atoms with Gasteiger partial charge in [0.1, 0.15) is 5.82 Å². The topological polar surface area (TPSA) is 44.7 Å². The number of nitrogens with zero attached hydrogens (tertiary/aromatic N) is 2. The Kier molecular flexibility index (Phi) is 4.99. The summed E-state index contributed by atoms with van der Waals surface area (Å²) in [7, 11) is 2.01. The Morgan fingerprint density at radius 3 is 2.72 bits per heavy atom. The summed E-state index contributed by atoms with van der Waals surface area (Å²) in [6.45, 7) is 6.52. The molecule has 1 atom stereocenters. The fourth-order valence-electron chi connectivity index (χ4n) is 3.96. The molecule has 0 aromatic heterocycles. The molecular formula is C23H24FN3OS. The van der Waals surface area contributed by atoms with Gasteiger partial charge in [0.15, 0.2) is 5.17 Å². The standard InChI is InChI=1S/C23H24FN3OS/c1-14-13-23(2,3)27(4)19-12-18(24)15(10-17(14)19)11-20-21(28)26-22(29-20)25-16-8-6-5-7-9-16/h5-12,14H,13H2,1-4H3,(H,25,26,28)/b20-11+. The van der Waals surface area contributed by atoms with Crippen LogP contribution in [0.15, 0.2) is 52.4 Å². The highest BCUT2D eigenvalue weighted by Crippen LogP contribution is 2.43. The second-order valence-corrected chi connectivity index (χ2v) is 9.26. The van der Waals surface area contributed by atoms with E-state index in [0.717, 1.165) is 23.4 Å². The van der Waals surface area contributed by atoms with Crippen molar-refractivity contribution in [3.05, 3.63) is 64.3 Å². The number of benzene rings is 2. The molecule has 1 saturated heterocycles. The van der Waals surface area contributed by atoms with Crippen LogP contribution in [-0.2, 0) is 4.79 Å². The first kappa shape index (κ1) is 19.7. The summed E-state index contributed by atoms with van der Waals surface area (Å²) < 4.78 is 14.9. The van der Waals surface area contributed by atoms with Crippen molar-refractivity contribution in [1.29, 1.82) is 0 Å². The van der Waals surface area contributed by atoms with Crippen molar-refractivity contribution in [3.63, 3.8) is 0 Å². The Labute approximate surface area is 174 Å². The van der Waals surface area contributed by atoms with Crippen molar-refractivity contribution in [1.82, 2.24) is 5.32 Å². The number of carbonyl (C=O) groups excluding carboxylic acids is 1. The SMILES string of the molecule is CC1CC(C)(C)N(C)c2cc(F)c(/C=C3/SC(=Nc4ccccc4)NC3=O)cc21. The van der Waals surface area contributed by atoms with Gasteiger partial charge in [-0.05, 0) is 73.9 Å². The van der Waals surface area contributed by atoms with Gasteiger partial charge in [-0.3, -0.25) is 4.79 Å². The van der Waals surface area contributed by atoms with Crippen molar-refractivity contribution in [3.8, 4) is 0 Å². The highest BCUT2D eigenvalue weighted by molar-refractivity contribution is 8.18. The predicted molar refractivity (Wildman–Crippen MR) is 119 cm³/mol. The number of carbonyl (C=O) groups is 1. The number of rotatable bonds is 2. The second kappa shape index (κ2) is 7.34. The second-order valence-electron chi connectivity index (χ2n) is 8.23. The summed E-state index contributed by atoms with van der Waals surface area (Å²) in [5.41, 5.74) is 3.20. The summed E-state index contributed by atoms with van der Waals surface area (Å²) in [6, 6.07) is 12.9. The predicted octanol–water partition coefficient (Wildman–Crippen LogP) is 5.44. The molecule has 0 saturated carbocycles. The Morgan fingerprint density at radius 2 is 2.00 bits per heavy atom. The molecule has 1 fully saturated rings. The molecule has 0 bridgehead atoms. The molecule has 0 aliphatic carbocycles. The summed E-state index contributed by atoms with van der Waals surface area (Å²) in [5.74, 6) is -0.267. The van der Waals surface area contributed by atoms with Gasteiger partial charge in [-0.1, -0.05) is 25.1 Å². The lowest BCUT2D eigenvalue weighted by Crippen LogP contribution is -2.45. The lowest BCUT2D eigenvalue weighted by atomic mass is 9.80. The van der Waals surface area contributed by atoms with E-state index in [2.05, 4.69) is 36.0 Å². The van der Waals surface area contributed by atoms with Crippen LogP contribution < -0.4 is 10.2 Å². The lowest BCUT2D eigenvalue weighted by molar-refractivity contribution is -0.115. The molecule has 1 unspecified atom stereocenters. The van der Waals surface area contributed by atoms with Crippen LogP contribution in [0.3, 0.4) is 0 Å². The average molecular weight is 410 g/mol. The number of amidine groups is 1. The smallest absolute Gasteiger partial charge is 0.264 e. The largest absolute Gasteiger partial charge is 0.369 e. The van der Waals surface area contributed by atoms with Crippen LogP contribution in [-0.4, -0.2) is 23.7 Å². The number of halogens is 1. The average Bonchev–Trinajstić information content (AvgIpc) is 3.00. The van der Waals surface area contributed by atoms with E-state index in [1.807, 2.05) is 43.4 Å². The first-order chi connectivity index (χ1) is 13.7. The number of anilines is 1. The van der Waals surface area contributed by atoms with Gasteiger partial charge in [0, 0.05) is 23.8 Å². The van der Waals surface area contributed by atoms with E-state index in [0.29, 0.717) is 21.6 Å². The Bertz CT molecular complexity index is 1030. The van der Waals surface area contributed by atoms with E-state index in [-0.39, 0.29) is 17.3 Å². The van der Waals surface area contributed by atoms with Crippen molar-refractivity contribution in [2.45, 2.75) is 38.6 Å². The van der Waals surface area contributed by atoms with E-state index in [4.69, 9.17) is 0 Å². The monoisotopic (exact) mass is 409 g/mol. The molecule has 2 aliphatic heterocycles. The van der Waals surface area contributed by atoms with E-state index in [9.17, 15) is 9.18 Å². The minimum absolute atomic E-state index is 0.0250. The van der Waals surface area contributed by atoms with Crippen LogP contribution in [0.1, 0.15) is 44.2 Å². The number of nitrogens with one attached hydrogen (secondary N) is 1. The zero-order valence-electron chi connectivity index (χ0n) is 17.0. The fraction of sp³-hybridized carbons (Fsp3) is 0.304. The molecule has 1 amide bonds. The van der Waals surface area contributed by atoms with Crippen molar-refractivity contribution in [2.24, 2.45) is 4.99 Å². The molecule has 29 heavy (non-hydrogen) atoms. The molecule has 1 N–H and O–H groups in total. The van der Waals surface area contributed by atoms with Crippen LogP contribution in [0.5, 0.6) is 0 Å². The van der Waals surface area contributed by atoms with Crippen LogP contribution in [0.25, 0.3) is 6.08 Å².